The maximum atomic E-state index is 11.9. The third-order valence-electron chi connectivity index (χ3n) is 4.94. The second kappa shape index (κ2) is 15.8. The van der Waals surface area contributed by atoms with Gasteiger partial charge in [-0.2, -0.15) is 0 Å². The fourth-order valence-corrected chi connectivity index (χ4v) is 2.89. The highest BCUT2D eigenvalue weighted by Gasteiger charge is 2.29. The molecule has 0 radical (unpaired) electrons. The average Bonchev–Trinajstić information content (AvgIpc) is 2.86. The van der Waals surface area contributed by atoms with Crippen LogP contribution in [0, 0.1) is 0 Å². The molecule has 35 heavy (non-hydrogen) atoms. The van der Waals surface area contributed by atoms with E-state index < -0.39 is 37.0 Å². The second-order valence-electron chi connectivity index (χ2n) is 7.67. The number of carbonyl (C=O) groups is 2. The summed E-state index contributed by atoms with van der Waals surface area (Å²) in [5, 5.41) is 68.9. The Morgan fingerprint density at radius 1 is 0.914 bits per heavy atom. The van der Waals surface area contributed by atoms with Crippen molar-refractivity contribution in [2.45, 2.75) is 44.2 Å². The number of carboxylic acids is 1. The lowest BCUT2D eigenvalue weighted by Crippen LogP contribution is -2.49. The minimum Gasteiger partial charge on any atom is -0.508 e. The standard InChI is InChI=1S/C16H15NO4.C8H19NO5/c18-12-8-5-11(6-9-12)7-10-15(19)17-14-4-2-1-3-13(14)16(20)21;1-2-9-3-5(11)7(13)8(14)6(12)4-10/h1-6,8-9,18H,7,10H2,(H,17,19)(H,20,21);5-14H,2-4H2,1H3. The van der Waals surface area contributed by atoms with Gasteiger partial charge in [-0.3, -0.25) is 4.79 Å². The summed E-state index contributed by atoms with van der Waals surface area (Å²) >= 11 is 0. The number of hydrogen-bond donors (Lipinski definition) is 9. The largest absolute Gasteiger partial charge is 0.508 e. The first-order chi connectivity index (χ1) is 16.6. The lowest BCUT2D eigenvalue weighted by Gasteiger charge is -2.25. The van der Waals surface area contributed by atoms with Crippen molar-refractivity contribution in [1.82, 2.24) is 5.32 Å². The molecular formula is C24H34N2O9. The van der Waals surface area contributed by atoms with Crippen LogP contribution in [-0.4, -0.2) is 91.7 Å². The Bertz CT molecular complexity index is 908. The minimum absolute atomic E-state index is 0.0653. The number of likely N-dealkylation sites (N-methyl/N-ethyl adjacent to an activating group) is 1. The molecule has 1 amide bonds. The minimum atomic E-state index is -1.55. The number of aromatic hydroxyl groups is 1. The van der Waals surface area contributed by atoms with Crippen molar-refractivity contribution in [2.75, 3.05) is 25.0 Å². The molecule has 0 saturated heterocycles. The number of benzene rings is 2. The number of phenols is 1. The lowest BCUT2D eigenvalue weighted by molar-refractivity contribution is -0.116. The number of rotatable bonds is 12. The molecule has 2 aromatic rings. The normalized spacial score (nSPS) is 14.1. The number of nitrogens with one attached hydrogen (secondary N) is 2. The Labute approximate surface area is 203 Å². The highest BCUT2D eigenvalue weighted by Crippen LogP contribution is 2.16. The average molecular weight is 495 g/mol. The molecule has 194 valence electrons. The predicted octanol–water partition coefficient (Wildman–Crippen LogP) is -0.306. The van der Waals surface area contributed by atoms with Crippen LogP contribution in [0.15, 0.2) is 48.5 Å². The molecule has 11 heteroatoms. The molecule has 0 fully saturated rings. The summed E-state index contributed by atoms with van der Waals surface area (Å²) in [6.07, 6.45) is -4.89. The maximum Gasteiger partial charge on any atom is 0.337 e. The van der Waals surface area contributed by atoms with E-state index in [1.807, 2.05) is 6.92 Å². The van der Waals surface area contributed by atoms with E-state index in [-0.39, 0.29) is 30.2 Å². The molecule has 0 saturated carbocycles. The zero-order valence-electron chi connectivity index (χ0n) is 19.4. The van der Waals surface area contributed by atoms with Gasteiger partial charge in [0.1, 0.15) is 24.1 Å². The second-order valence-corrected chi connectivity index (χ2v) is 7.67. The predicted molar refractivity (Wildman–Crippen MR) is 128 cm³/mol. The number of carbonyl (C=O) groups excluding carboxylic acids is 1. The molecule has 0 aliphatic heterocycles. The third kappa shape index (κ3) is 10.8. The van der Waals surface area contributed by atoms with E-state index in [0.29, 0.717) is 18.7 Å². The van der Waals surface area contributed by atoms with Gasteiger partial charge in [-0.05, 0) is 42.8 Å². The highest BCUT2D eigenvalue weighted by atomic mass is 16.4. The summed E-state index contributed by atoms with van der Waals surface area (Å²) in [5.41, 5.74) is 1.28. The number of para-hydroxylation sites is 1. The maximum absolute atomic E-state index is 11.9. The van der Waals surface area contributed by atoms with Crippen molar-refractivity contribution >= 4 is 17.6 Å². The number of aliphatic hydroxyl groups is 5. The zero-order chi connectivity index (χ0) is 26.4. The van der Waals surface area contributed by atoms with Crippen LogP contribution in [0.3, 0.4) is 0 Å². The molecule has 0 bridgehead atoms. The first kappa shape index (κ1) is 30.0. The van der Waals surface area contributed by atoms with Gasteiger partial charge in [0, 0.05) is 13.0 Å². The van der Waals surface area contributed by atoms with Crippen molar-refractivity contribution in [2.24, 2.45) is 0 Å². The van der Waals surface area contributed by atoms with E-state index in [9.17, 15) is 30.0 Å². The van der Waals surface area contributed by atoms with Gasteiger partial charge in [-0.15, -0.1) is 0 Å². The van der Waals surface area contributed by atoms with Gasteiger partial charge in [-0.1, -0.05) is 31.2 Å². The first-order valence-corrected chi connectivity index (χ1v) is 11.0. The fraction of sp³-hybridized carbons (Fsp3) is 0.417. The molecule has 0 spiro atoms. The van der Waals surface area contributed by atoms with Crippen LogP contribution in [0.5, 0.6) is 5.75 Å². The van der Waals surface area contributed by atoms with Gasteiger partial charge in [0.25, 0.3) is 0 Å². The molecule has 0 aliphatic rings. The topological polar surface area (TPSA) is 200 Å². The number of aromatic carboxylic acids is 1. The van der Waals surface area contributed by atoms with Gasteiger partial charge in [0.15, 0.2) is 0 Å². The Kier molecular flexibility index (Phi) is 13.5. The van der Waals surface area contributed by atoms with E-state index in [2.05, 4.69) is 10.6 Å². The summed E-state index contributed by atoms with van der Waals surface area (Å²) in [4.78, 5) is 22.9. The van der Waals surface area contributed by atoms with Gasteiger partial charge in [0.05, 0.1) is 24.0 Å². The van der Waals surface area contributed by atoms with Gasteiger partial charge >= 0.3 is 5.97 Å². The SMILES string of the molecule is CCNCC(O)C(O)C(O)C(O)CO.O=C(CCc1ccc(O)cc1)Nc1ccccc1C(=O)O. The van der Waals surface area contributed by atoms with Crippen LogP contribution in [0.1, 0.15) is 29.3 Å². The number of anilines is 1. The van der Waals surface area contributed by atoms with Crippen molar-refractivity contribution in [1.29, 1.82) is 0 Å². The molecule has 0 aromatic heterocycles. The third-order valence-corrected chi connectivity index (χ3v) is 4.94. The molecular weight excluding hydrogens is 460 g/mol. The smallest absolute Gasteiger partial charge is 0.337 e. The quantitative estimate of drug-likeness (QED) is 0.189. The molecule has 4 unspecified atom stereocenters. The van der Waals surface area contributed by atoms with Crippen LogP contribution in [-0.2, 0) is 11.2 Å². The summed E-state index contributed by atoms with van der Waals surface area (Å²) < 4.78 is 0. The van der Waals surface area contributed by atoms with Crippen molar-refractivity contribution in [3.8, 4) is 5.75 Å². The number of aryl methyl sites for hydroxylation is 1. The molecule has 4 atom stereocenters. The summed E-state index contributed by atoms with van der Waals surface area (Å²) in [5.74, 6) is -1.15. The van der Waals surface area contributed by atoms with Crippen molar-refractivity contribution in [3.05, 3.63) is 59.7 Å². The van der Waals surface area contributed by atoms with E-state index in [1.165, 1.54) is 6.07 Å². The summed E-state index contributed by atoms with van der Waals surface area (Å²) in [6.45, 7) is 1.92. The van der Waals surface area contributed by atoms with Crippen LogP contribution < -0.4 is 10.6 Å². The summed E-state index contributed by atoms with van der Waals surface area (Å²) in [7, 11) is 0. The van der Waals surface area contributed by atoms with Gasteiger partial charge in [-0.25, -0.2) is 4.79 Å². The highest BCUT2D eigenvalue weighted by molar-refractivity contribution is 6.00. The molecule has 0 heterocycles. The van der Waals surface area contributed by atoms with Crippen LogP contribution >= 0.6 is 0 Å². The number of aliphatic hydroxyl groups excluding tert-OH is 5. The van der Waals surface area contributed by atoms with E-state index in [4.69, 9.17) is 15.3 Å². The monoisotopic (exact) mass is 494 g/mol. The Morgan fingerprint density at radius 3 is 2.09 bits per heavy atom. The van der Waals surface area contributed by atoms with Crippen LogP contribution in [0.2, 0.25) is 0 Å². The molecule has 11 nitrogen and oxygen atoms in total. The molecule has 2 aromatic carbocycles. The molecule has 9 N–H and O–H groups in total. The molecule has 0 aliphatic carbocycles. The van der Waals surface area contributed by atoms with Gasteiger partial charge < -0.3 is 46.4 Å². The van der Waals surface area contributed by atoms with E-state index in [1.54, 1.807) is 42.5 Å². The van der Waals surface area contributed by atoms with E-state index in [0.717, 1.165) is 5.56 Å². The lowest BCUT2D eigenvalue weighted by atomic mass is 10.0. The van der Waals surface area contributed by atoms with Crippen LogP contribution in [0.4, 0.5) is 5.69 Å². The molecule has 2 rings (SSSR count). The number of hydrogen-bond acceptors (Lipinski definition) is 9. The van der Waals surface area contributed by atoms with Gasteiger partial charge in [0.2, 0.25) is 5.91 Å². The Morgan fingerprint density at radius 2 is 1.51 bits per heavy atom. The Hall–Kier alpha value is -3.06. The van der Waals surface area contributed by atoms with Crippen LogP contribution in [0.25, 0.3) is 0 Å². The van der Waals surface area contributed by atoms with Crippen molar-refractivity contribution in [3.63, 3.8) is 0 Å². The van der Waals surface area contributed by atoms with Crippen molar-refractivity contribution < 1.29 is 45.3 Å². The Balaban J connectivity index is 0.000000383. The van der Waals surface area contributed by atoms with E-state index >= 15 is 0 Å². The summed E-state index contributed by atoms with van der Waals surface area (Å²) in [6, 6.07) is 12.9. The number of amides is 1. The number of phenolic OH excluding ortho intramolecular Hbond substituents is 1. The number of carboxylic acid groups (broad SMARTS) is 1. The fourth-order valence-electron chi connectivity index (χ4n) is 2.89. The zero-order valence-corrected chi connectivity index (χ0v) is 19.4. The first-order valence-electron chi connectivity index (χ1n) is 11.0.